The molecule has 1 heterocycles. The lowest BCUT2D eigenvalue weighted by molar-refractivity contribution is -0.115. The Bertz CT molecular complexity index is 1270. The van der Waals surface area contributed by atoms with Crippen LogP contribution in [0.25, 0.3) is 5.69 Å². The zero-order valence-electron chi connectivity index (χ0n) is 21.5. The minimum absolute atomic E-state index is 0.236. The monoisotopic (exact) mass is 526 g/mol. The van der Waals surface area contributed by atoms with E-state index < -0.39 is 24.0 Å². The van der Waals surface area contributed by atoms with E-state index in [0.717, 1.165) is 0 Å². The van der Waals surface area contributed by atoms with E-state index in [1.165, 1.54) is 16.9 Å². The number of nitrogens with zero attached hydrogens (tertiary/aromatic N) is 3. The number of carbonyl (C=O) groups is 3. The van der Waals surface area contributed by atoms with Crippen molar-refractivity contribution in [2.75, 3.05) is 22.5 Å². The van der Waals surface area contributed by atoms with Crippen LogP contribution in [0.2, 0.25) is 5.02 Å². The lowest BCUT2D eigenvalue weighted by Crippen LogP contribution is -2.28. The highest BCUT2D eigenvalue weighted by molar-refractivity contribution is 6.34. The Hall–Kier alpha value is -3.92. The summed E-state index contributed by atoms with van der Waals surface area (Å²) in [4.78, 5) is 38.1. The number of halogens is 1. The summed E-state index contributed by atoms with van der Waals surface area (Å²) in [6.45, 7) is 9.99. The first-order valence-electron chi connectivity index (χ1n) is 11.8. The Morgan fingerprint density at radius 2 is 1.78 bits per heavy atom. The average molecular weight is 527 g/mol. The van der Waals surface area contributed by atoms with Crippen molar-refractivity contribution in [1.29, 1.82) is 0 Å². The molecule has 0 aliphatic carbocycles. The maximum atomic E-state index is 12.8. The molecule has 0 bridgehead atoms. The van der Waals surface area contributed by atoms with Crippen LogP contribution in [0, 0.1) is 5.92 Å². The Kier molecular flexibility index (Phi) is 8.88. The number of amides is 2. The van der Waals surface area contributed by atoms with Crippen molar-refractivity contribution in [1.82, 2.24) is 15.0 Å². The lowest BCUT2D eigenvalue weighted by Gasteiger charge is -2.21. The second kappa shape index (κ2) is 11.9. The van der Waals surface area contributed by atoms with Crippen LogP contribution in [0.5, 0.6) is 0 Å². The quantitative estimate of drug-likeness (QED) is 0.246. The Morgan fingerprint density at radius 3 is 2.43 bits per heavy atom. The summed E-state index contributed by atoms with van der Waals surface area (Å²) in [5.74, 6) is -0.600. The van der Waals surface area contributed by atoms with Crippen molar-refractivity contribution < 1.29 is 19.1 Å². The van der Waals surface area contributed by atoms with Crippen molar-refractivity contribution in [2.45, 2.75) is 46.6 Å². The fourth-order valence-electron chi connectivity index (χ4n) is 3.25. The molecular formula is C26H31ClN6O4. The topological polar surface area (TPSA) is 127 Å². The summed E-state index contributed by atoms with van der Waals surface area (Å²) < 4.78 is 6.87. The van der Waals surface area contributed by atoms with Crippen LogP contribution < -0.4 is 16.0 Å². The van der Waals surface area contributed by atoms with E-state index in [1.807, 2.05) is 13.8 Å². The van der Waals surface area contributed by atoms with Crippen molar-refractivity contribution in [2.24, 2.45) is 5.92 Å². The molecular weight excluding hydrogens is 496 g/mol. The zero-order valence-corrected chi connectivity index (χ0v) is 22.2. The van der Waals surface area contributed by atoms with Crippen molar-refractivity contribution >= 4 is 46.4 Å². The third-order valence-electron chi connectivity index (χ3n) is 4.89. The summed E-state index contributed by atoms with van der Waals surface area (Å²) >= 11 is 6.44. The highest BCUT2D eigenvalue weighted by Gasteiger charge is 2.20. The average Bonchev–Trinajstić information content (AvgIpc) is 3.33. The molecule has 0 aliphatic heterocycles. The Morgan fingerprint density at radius 1 is 1.05 bits per heavy atom. The minimum atomic E-state index is -0.716. The van der Waals surface area contributed by atoms with E-state index in [-0.39, 0.29) is 17.2 Å². The van der Waals surface area contributed by atoms with Gasteiger partial charge in [0.2, 0.25) is 5.91 Å². The summed E-state index contributed by atoms with van der Waals surface area (Å²) in [5, 5.41) is 16.6. The van der Waals surface area contributed by atoms with Gasteiger partial charge in [-0.25, -0.2) is 9.48 Å². The number of ketones is 1. The van der Waals surface area contributed by atoms with E-state index in [1.54, 1.807) is 57.3 Å². The lowest BCUT2D eigenvalue weighted by atomic mass is 10.1. The molecule has 3 rings (SSSR count). The summed E-state index contributed by atoms with van der Waals surface area (Å²) in [7, 11) is 0. The van der Waals surface area contributed by atoms with Crippen molar-refractivity contribution in [3.8, 4) is 5.69 Å². The Balaban J connectivity index is 1.78. The third-order valence-corrected chi connectivity index (χ3v) is 5.21. The summed E-state index contributed by atoms with van der Waals surface area (Å²) in [6.07, 6.45) is 2.07. The number of anilines is 3. The fraction of sp³-hybridized carbons (Fsp3) is 0.346. The minimum Gasteiger partial charge on any atom is -0.444 e. The molecule has 11 heteroatoms. The van der Waals surface area contributed by atoms with Crippen molar-refractivity contribution in [3.05, 3.63) is 59.4 Å². The molecule has 0 fully saturated rings. The number of carbonyl (C=O) groups excluding carboxylic acids is 3. The van der Waals surface area contributed by atoms with E-state index >= 15 is 0 Å². The van der Waals surface area contributed by atoms with Gasteiger partial charge in [-0.1, -0.05) is 42.8 Å². The van der Waals surface area contributed by atoms with Gasteiger partial charge in [0.05, 0.1) is 46.6 Å². The van der Waals surface area contributed by atoms with Gasteiger partial charge in [-0.05, 0) is 51.0 Å². The molecule has 2 aromatic carbocycles. The predicted octanol–water partition coefficient (Wildman–Crippen LogP) is 5.55. The molecule has 0 saturated heterocycles. The smallest absolute Gasteiger partial charge is 0.412 e. The second-order valence-corrected chi connectivity index (χ2v) is 10.2. The first kappa shape index (κ1) is 27.7. The molecule has 0 atom stereocenters. The number of hydrogen-bond acceptors (Lipinski definition) is 7. The predicted molar refractivity (Wildman–Crippen MR) is 144 cm³/mol. The molecule has 10 nitrogen and oxygen atoms in total. The molecule has 1 aromatic heterocycles. The van der Waals surface area contributed by atoms with Crippen LogP contribution in [-0.4, -0.2) is 44.9 Å². The maximum absolute atomic E-state index is 12.8. The first-order chi connectivity index (χ1) is 17.4. The highest BCUT2D eigenvalue weighted by atomic mass is 35.5. The normalized spacial score (nSPS) is 11.2. The van der Waals surface area contributed by atoms with E-state index in [2.05, 4.69) is 26.3 Å². The number of benzene rings is 2. The summed E-state index contributed by atoms with van der Waals surface area (Å²) in [6, 6.07) is 9.87. The third kappa shape index (κ3) is 8.32. The molecule has 0 unspecified atom stereocenters. The fourth-order valence-corrected chi connectivity index (χ4v) is 3.48. The molecule has 2 amide bonds. The van der Waals surface area contributed by atoms with Gasteiger partial charge >= 0.3 is 6.09 Å². The number of ether oxygens (including phenoxy) is 1. The van der Waals surface area contributed by atoms with Crippen LogP contribution in [-0.2, 0) is 9.53 Å². The van der Waals surface area contributed by atoms with Gasteiger partial charge in [0.15, 0.2) is 5.78 Å². The van der Waals surface area contributed by atoms with E-state index in [9.17, 15) is 14.4 Å². The number of nitrogens with one attached hydrogen (secondary N) is 3. The zero-order chi connectivity index (χ0) is 27.2. The van der Waals surface area contributed by atoms with Crippen LogP contribution in [0.4, 0.5) is 21.9 Å². The van der Waals surface area contributed by atoms with Gasteiger partial charge in [-0.15, -0.1) is 5.10 Å². The number of Topliss-reactive ketones (excluding diaryl/α,β-unsaturated/α-hetero) is 1. The van der Waals surface area contributed by atoms with Gasteiger partial charge in [0.1, 0.15) is 5.60 Å². The van der Waals surface area contributed by atoms with Crippen LogP contribution in [0.3, 0.4) is 0 Å². The van der Waals surface area contributed by atoms with Gasteiger partial charge in [-0.3, -0.25) is 14.9 Å². The molecule has 37 heavy (non-hydrogen) atoms. The molecule has 0 radical (unpaired) electrons. The molecule has 0 spiro atoms. The maximum Gasteiger partial charge on any atom is 0.412 e. The van der Waals surface area contributed by atoms with Crippen LogP contribution >= 0.6 is 11.6 Å². The van der Waals surface area contributed by atoms with Crippen LogP contribution in [0.1, 0.15) is 51.4 Å². The number of rotatable bonds is 9. The van der Waals surface area contributed by atoms with Gasteiger partial charge in [0, 0.05) is 12.1 Å². The molecule has 196 valence electrons. The van der Waals surface area contributed by atoms with Gasteiger partial charge < -0.3 is 15.4 Å². The highest BCUT2D eigenvalue weighted by Crippen LogP contribution is 2.34. The SMILES string of the molecule is CC(C)CNc1cc(NC(=O)OC(C)(C)C)c(NC(=O)CC(=O)c2cccc(-n3ccnn3)c2)cc1Cl. The molecule has 0 aliphatic rings. The molecule has 3 N–H and O–H groups in total. The van der Waals surface area contributed by atoms with Crippen molar-refractivity contribution in [3.63, 3.8) is 0 Å². The van der Waals surface area contributed by atoms with Gasteiger partial charge in [-0.2, -0.15) is 0 Å². The Labute approximate surface area is 220 Å². The van der Waals surface area contributed by atoms with Crippen LogP contribution in [0.15, 0.2) is 48.8 Å². The van der Waals surface area contributed by atoms with Gasteiger partial charge in [0.25, 0.3) is 0 Å². The largest absolute Gasteiger partial charge is 0.444 e. The first-order valence-corrected chi connectivity index (χ1v) is 12.2. The number of aromatic nitrogens is 3. The standard InChI is InChI=1S/C26H31ClN6O4/c1-16(2)15-28-20-13-22(31-25(36)37-26(3,4)5)21(12-19(20)27)30-24(35)14-23(34)17-7-6-8-18(11-17)33-10-9-29-32-33/h6-13,16,28H,14-15H2,1-5H3,(H,30,35)(H,31,36). The van der Waals surface area contributed by atoms with E-state index in [0.29, 0.717) is 34.4 Å². The molecule has 3 aromatic rings. The van der Waals surface area contributed by atoms with E-state index in [4.69, 9.17) is 16.3 Å². The summed E-state index contributed by atoms with van der Waals surface area (Å²) in [5.41, 5.74) is 1.37. The second-order valence-electron chi connectivity index (χ2n) is 9.83. The number of hydrogen-bond donors (Lipinski definition) is 3. The molecule has 0 saturated carbocycles.